The van der Waals surface area contributed by atoms with Gasteiger partial charge in [0.05, 0.1) is 17.9 Å². The molecule has 1 saturated carbocycles. The molecule has 2 atom stereocenters. The van der Waals surface area contributed by atoms with Gasteiger partial charge in [0, 0.05) is 19.2 Å². The minimum Gasteiger partial charge on any atom is -0.356 e. The van der Waals surface area contributed by atoms with Crippen LogP contribution >= 0.6 is 0 Å². The van der Waals surface area contributed by atoms with Crippen LogP contribution in [-0.2, 0) is 4.79 Å². The zero-order valence-corrected chi connectivity index (χ0v) is 16.9. The summed E-state index contributed by atoms with van der Waals surface area (Å²) in [6, 6.07) is 6.38. The lowest BCUT2D eigenvalue weighted by molar-refractivity contribution is -0.122. The fraction of sp³-hybridized carbons (Fsp3) is 0.727. The van der Waals surface area contributed by atoms with Crippen molar-refractivity contribution in [1.82, 2.24) is 26.1 Å². The predicted molar refractivity (Wildman–Crippen MR) is 110 cm³/mol. The van der Waals surface area contributed by atoms with Crippen molar-refractivity contribution < 1.29 is 4.79 Å². The van der Waals surface area contributed by atoms with E-state index < -0.39 is 0 Å². The number of carbonyl (C=O) groups excluding carboxylic acids is 1. The molecule has 2 aliphatic heterocycles. The van der Waals surface area contributed by atoms with E-state index in [1.54, 1.807) is 0 Å². The van der Waals surface area contributed by atoms with E-state index in [-0.39, 0.29) is 11.9 Å². The molecule has 0 spiro atoms. The molecule has 1 aromatic heterocycles. The summed E-state index contributed by atoms with van der Waals surface area (Å²) in [5.74, 6) is 1.52. The van der Waals surface area contributed by atoms with Gasteiger partial charge in [-0.15, -0.1) is 0 Å². The highest BCUT2D eigenvalue weighted by Crippen LogP contribution is 2.27. The maximum atomic E-state index is 12.3. The van der Waals surface area contributed by atoms with Gasteiger partial charge in [-0.3, -0.25) is 14.7 Å². The van der Waals surface area contributed by atoms with Crippen LogP contribution in [0.5, 0.6) is 0 Å². The lowest BCUT2D eigenvalue weighted by Crippen LogP contribution is -2.49. The summed E-state index contributed by atoms with van der Waals surface area (Å²) < 4.78 is 0. The van der Waals surface area contributed by atoms with Gasteiger partial charge < -0.3 is 5.32 Å². The Hall–Kier alpha value is -1.50. The van der Waals surface area contributed by atoms with E-state index in [2.05, 4.69) is 32.1 Å². The first-order valence-corrected chi connectivity index (χ1v) is 11.2. The van der Waals surface area contributed by atoms with Crippen LogP contribution in [0.4, 0.5) is 0 Å². The van der Waals surface area contributed by atoms with E-state index in [0.29, 0.717) is 18.0 Å². The molecule has 4 rings (SSSR count). The zero-order chi connectivity index (χ0) is 19.2. The second-order valence-electron chi connectivity index (χ2n) is 8.84. The second-order valence-corrected chi connectivity index (χ2v) is 8.84. The van der Waals surface area contributed by atoms with Gasteiger partial charge >= 0.3 is 0 Å². The van der Waals surface area contributed by atoms with Crippen molar-refractivity contribution in [3.05, 3.63) is 30.1 Å². The number of likely N-dealkylation sites (tertiary alicyclic amines) is 1. The lowest BCUT2D eigenvalue weighted by atomic mass is 9.87. The van der Waals surface area contributed by atoms with Crippen molar-refractivity contribution in [1.29, 1.82) is 0 Å². The van der Waals surface area contributed by atoms with Crippen LogP contribution in [0.15, 0.2) is 24.4 Å². The molecule has 0 radical (unpaired) electrons. The Kier molecular flexibility index (Phi) is 6.94. The highest BCUT2D eigenvalue weighted by Gasteiger charge is 2.32. The van der Waals surface area contributed by atoms with E-state index >= 15 is 0 Å². The topological polar surface area (TPSA) is 69.3 Å². The summed E-state index contributed by atoms with van der Waals surface area (Å²) in [5.41, 5.74) is 7.96. The van der Waals surface area contributed by atoms with Gasteiger partial charge in [-0.2, -0.15) is 0 Å². The predicted octanol–water partition coefficient (Wildman–Crippen LogP) is 2.75. The highest BCUT2D eigenvalue weighted by molar-refractivity contribution is 5.76. The third kappa shape index (κ3) is 5.31. The summed E-state index contributed by atoms with van der Waals surface area (Å²) in [6.45, 7) is 3.04. The second kappa shape index (κ2) is 9.81. The third-order valence-corrected chi connectivity index (χ3v) is 6.80. The Balaban J connectivity index is 1.14. The molecule has 0 aromatic carbocycles. The smallest absolute Gasteiger partial charge is 0.220 e. The van der Waals surface area contributed by atoms with Gasteiger partial charge in [0.25, 0.3) is 0 Å². The molecule has 3 fully saturated rings. The summed E-state index contributed by atoms with van der Waals surface area (Å²) in [6.07, 6.45) is 12.8. The minimum absolute atomic E-state index is 0.272. The van der Waals surface area contributed by atoms with Gasteiger partial charge in [0.15, 0.2) is 0 Å². The first kappa shape index (κ1) is 19.8. The lowest BCUT2D eigenvalue weighted by Gasteiger charge is -2.35. The van der Waals surface area contributed by atoms with Crippen molar-refractivity contribution in [3.8, 4) is 0 Å². The van der Waals surface area contributed by atoms with Crippen LogP contribution in [0.1, 0.15) is 69.5 Å². The molecular weight excluding hydrogens is 350 g/mol. The number of piperidine rings is 1. The number of nitrogens with one attached hydrogen (secondary N) is 3. The monoisotopic (exact) mass is 385 g/mol. The Morgan fingerprint density at radius 3 is 2.64 bits per heavy atom. The molecular formula is C22H35N5O. The van der Waals surface area contributed by atoms with Crippen LogP contribution in [0.2, 0.25) is 0 Å². The molecule has 3 aliphatic rings. The number of hydrogen-bond donors (Lipinski definition) is 3. The fourth-order valence-electron chi connectivity index (χ4n) is 5.01. The van der Waals surface area contributed by atoms with E-state index in [0.717, 1.165) is 51.0 Å². The molecule has 3 heterocycles. The molecule has 28 heavy (non-hydrogen) atoms. The molecule has 0 bridgehead atoms. The fourth-order valence-corrected chi connectivity index (χ4v) is 5.01. The van der Waals surface area contributed by atoms with Gasteiger partial charge in [-0.05, 0) is 69.2 Å². The van der Waals surface area contributed by atoms with Crippen molar-refractivity contribution in [2.75, 3.05) is 19.6 Å². The Morgan fingerprint density at radius 2 is 1.89 bits per heavy atom. The third-order valence-electron chi connectivity index (χ3n) is 6.80. The number of pyridine rings is 1. The largest absolute Gasteiger partial charge is 0.356 e. The number of nitrogens with zero attached hydrogens (tertiary/aromatic N) is 2. The molecule has 2 unspecified atom stereocenters. The number of amides is 1. The molecule has 1 aliphatic carbocycles. The SMILES string of the molecule is O=C(CC1CCCCC1)NCC1CCN(C2CC(c3ccccn3)NN2)CC1. The number of rotatable bonds is 6. The van der Waals surface area contributed by atoms with Gasteiger partial charge in [-0.25, -0.2) is 10.9 Å². The van der Waals surface area contributed by atoms with Crippen LogP contribution < -0.4 is 16.2 Å². The van der Waals surface area contributed by atoms with E-state index in [4.69, 9.17) is 0 Å². The van der Waals surface area contributed by atoms with Crippen molar-refractivity contribution in [2.24, 2.45) is 11.8 Å². The van der Waals surface area contributed by atoms with E-state index in [9.17, 15) is 4.79 Å². The normalized spacial score (nSPS) is 27.7. The van der Waals surface area contributed by atoms with Crippen LogP contribution in [0.3, 0.4) is 0 Å². The molecule has 1 amide bonds. The van der Waals surface area contributed by atoms with Gasteiger partial charge in [0.1, 0.15) is 0 Å². The minimum atomic E-state index is 0.272. The molecule has 1 aromatic rings. The number of carbonyl (C=O) groups is 1. The average molecular weight is 386 g/mol. The number of hydrazine groups is 1. The first-order chi connectivity index (χ1) is 13.8. The first-order valence-electron chi connectivity index (χ1n) is 11.2. The summed E-state index contributed by atoms with van der Waals surface area (Å²) in [7, 11) is 0. The van der Waals surface area contributed by atoms with Gasteiger partial charge in [-0.1, -0.05) is 25.3 Å². The van der Waals surface area contributed by atoms with Crippen LogP contribution in [0.25, 0.3) is 0 Å². The van der Waals surface area contributed by atoms with Crippen LogP contribution in [-0.4, -0.2) is 41.6 Å². The standard InChI is InChI=1S/C22H35N5O/c28-22(14-17-6-2-1-3-7-17)24-16-18-9-12-27(13-10-18)21-15-20(25-26-21)19-8-4-5-11-23-19/h4-5,8,11,17-18,20-21,25-26H,1-3,6-7,9-10,12-16H2,(H,24,28). The Bertz CT molecular complexity index is 611. The molecule has 6 heteroatoms. The summed E-state index contributed by atoms with van der Waals surface area (Å²) >= 11 is 0. The number of aromatic nitrogens is 1. The molecule has 6 nitrogen and oxygen atoms in total. The Labute approximate surface area is 168 Å². The Morgan fingerprint density at radius 1 is 1.07 bits per heavy atom. The van der Waals surface area contributed by atoms with Crippen molar-refractivity contribution in [2.45, 2.75) is 70.0 Å². The van der Waals surface area contributed by atoms with E-state index in [1.165, 1.54) is 32.1 Å². The van der Waals surface area contributed by atoms with Crippen LogP contribution in [0, 0.1) is 11.8 Å². The zero-order valence-electron chi connectivity index (χ0n) is 16.9. The molecule has 2 saturated heterocycles. The number of hydrogen-bond acceptors (Lipinski definition) is 5. The quantitative estimate of drug-likeness (QED) is 0.702. The summed E-state index contributed by atoms with van der Waals surface area (Å²) in [5, 5.41) is 3.22. The van der Waals surface area contributed by atoms with Crippen molar-refractivity contribution >= 4 is 5.91 Å². The average Bonchev–Trinajstić information content (AvgIpc) is 3.24. The molecule has 154 valence electrons. The summed E-state index contributed by atoms with van der Waals surface area (Å²) in [4.78, 5) is 19.3. The molecule has 3 N–H and O–H groups in total. The van der Waals surface area contributed by atoms with E-state index in [1.807, 2.05) is 18.3 Å². The maximum Gasteiger partial charge on any atom is 0.220 e. The van der Waals surface area contributed by atoms with Crippen molar-refractivity contribution in [3.63, 3.8) is 0 Å². The maximum absolute atomic E-state index is 12.3. The van der Waals surface area contributed by atoms with Gasteiger partial charge in [0.2, 0.25) is 5.91 Å². The highest BCUT2D eigenvalue weighted by atomic mass is 16.1.